The van der Waals surface area contributed by atoms with Gasteiger partial charge in [-0.1, -0.05) is 36.4 Å². The number of hydrogen-bond acceptors (Lipinski definition) is 4. The number of fused-ring (bicyclic) bond motifs is 8. The molecule has 10 rings (SSSR count). The molecule has 5 aromatic rings. The summed E-state index contributed by atoms with van der Waals surface area (Å²) < 4.78 is 0. The number of aromatic nitrogens is 4. The maximum atomic E-state index is 5.11. The molecule has 0 spiro atoms. The fourth-order valence-electron chi connectivity index (χ4n) is 7.70. The highest BCUT2D eigenvalue weighted by atomic mass is 15.1. The molecule has 2 unspecified atom stereocenters. The van der Waals surface area contributed by atoms with E-state index in [-0.39, 0.29) is 0 Å². The van der Waals surface area contributed by atoms with Gasteiger partial charge in [0.25, 0.3) is 0 Å². The van der Waals surface area contributed by atoms with Crippen molar-refractivity contribution < 1.29 is 0 Å². The number of aromatic amines is 2. The lowest BCUT2D eigenvalue weighted by Crippen LogP contribution is -2.18. The van der Waals surface area contributed by atoms with E-state index in [0.717, 1.165) is 59.4 Å². The number of nitrogens with one attached hydrogen (secondary N) is 4. The fourth-order valence-corrected chi connectivity index (χ4v) is 7.70. The summed E-state index contributed by atoms with van der Waals surface area (Å²) in [5.74, 6) is 3.97. The normalized spacial score (nSPS) is 30.3. The lowest BCUT2D eigenvalue weighted by Gasteiger charge is -2.16. The highest BCUT2D eigenvalue weighted by Crippen LogP contribution is 2.47. The number of hydrogen-bond donors (Lipinski definition) is 4. The molecule has 2 aromatic heterocycles. The Labute approximate surface area is 220 Å². The van der Waals surface area contributed by atoms with Crippen LogP contribution in [0.5, 0.6) is 0 Å². The first-order valence-corrected chi connectivity index (χ1v) is 14.4. The lowest BCUT2D eigenvalue weighted by atomic mass is 9.89. The van der Waals surface area contributed by atoms with Crippen LogP contribution >= 0.6 is 0 Å². The van der Waals surface area contributed by atoms with Crippen LogP contribution in [-0.2, 0) is 12.8 Å². The summed E-state index contributed by atoms with van der Waals surface area (Å²) >= 11 is 0. The molecule has 0 bridgehead atoms. The monoisotopic (exact) mass is 498 g/mol. The van der Waals surface area contributed by atoms with E-state index in [2.05, 4.69) is 69.1 Å². The number of aryl methyl sites for hydroxylation is 2. The van der Waals surface area contributed by atoms with E-state index in [0.29, 0.717) is 12.1 Å². The molecule has 6 atom stereocenters. The molecule has 6 heteroatoms. The van der Waals surface area contributed by atoms with Crippen LogP contribution < -0.4 is 10.6 Å². The Morgan fingerprint density at radius 2 is 1.45 bits per heavy atom. The maximum absolute atomic E-state index is 5.11. The van der Waals surface area contributed by atoms with E-state index in [4.69, 9.17) is 9.97 Å². The van der Waals surface area contributed by atoms with E-state index >= 15 is 0 Å². The molecule has 3 aromatic carbocycles. The quantitative estimate of drug-likeness (QED) is 0.257. The van der Waals surface area contributed by atoms with Crippen molar-refractivity contribution in [2.24, 2.45) is 11.8 Å². The number of piperidine rings is 2. The van der Waals surface area contributed by atoms with E-state index < -0.39 is 0 Å². The zero-order chi connectivity index (χ0) is 24.5. The van der Waals surface area contributed by atoms with Gasteiger partial charge in [-0.05, 0) is 84.6 Å². The molecule has 2 saturated heterocycles. The summed E-state index contributed by atoms with van der Waals surface area (Å²) in [6.07, 6.45) is 7.23. The largest absolute Gasteiger partial charge is 0.344 e. The average Bonchev–Trinajstić information content (AvgIpc) is 3.54. The van der Waals surface area contributed by atoms with Crippen LogP contribution in [0.25, 0.3) is 44.2 Å². The Bertz CT molecular complexity index is 1770. The van der Waals surface area contributed by atoms with Crippen LogP contribution in [0, 0.1) is 11.8 Å². The molecule has 0 radical (unpaired) electrons. The second kappa shape index (κ2) is 7.13. The average molecular weight is 499 g/mol. The number of nitrogens with zero attached hydrogens (tertiary/aromatic N) is 2. The smallest absolute Gasteiger partial charge is 0.124 e. The summed E-state index contributed by atoms with van der Waals surface area (Å²) in [5.41, 5.74) is 9.94. The Morgan fingerprint density at radius 3 is 2.24 bits per heavy atom. The summed E-state index contributed by atoms with van der Waals surface area (Å²) in [5, 5.41) is 9.95. The number of benzene rings is 3. The van der Waals surface area contributed by atoms with Crippen LogP contribution in [0.15, 0.2) is 48.5 Å². The van der Waals surface area contributed by atoms with Crippen LogP contribution in [-0.4, -0.2) is 32.0 Å². The van der Waals surface area contributed by atoms with Gasteiger partial charge < -0.3 is 20.6 Å². The predicted molar refractivity (Wildman–Crippen MR) is 149 cm³/mol. The van der Waals surface area contributed by atoms with Gasteiger partial charge in [-0.2, -0.15) is 0 Å². The zero-order valence-electron chi connectivity index (χ0n) is 21.2. The topological polar surface area (TPSA) is 81.4 Å². The first-order chi connectivity index (χ1) is 18.7. The van der Waals surface area contributed by atoms with E-state index in [1.165, 1.54) is 70.1 Å². The molecular formula is C32H30N6. The molecule has 188 valence electrons. The minimum absolute atomic E-state index is 0.377. The Morgan fingerprint density at radius 1 is 0.684 bits per heavy atom. The summed E-state index contributed by atoms with van der Waals surface area (Å²) in [7, 11) is 0. The minimum Gasteiger partial charge on any atom is -0.344 e. The van der Waals surface area contributed by atoms with E-state index in [1.807, 2.05) is 0 Å². The first-order valence-electron chi connectivity index (χ1n) is 14.4. The number of rotatable bonds is 3. The molecule has 4 N–H and O–H groups in total. The maximum Gasteiger partial charge on any atom is 0.124 e. The molecular weight excluding hydrogens is 468 g/mol. The zero-order valence-corrected chi connectivity index (χ0v) is 21.2. The molecule has 4 heterocycles. The molecule has 5 aliphatic rings. The van der Waals surface area contributed by atoms with Crippen molar-refractivity contribution in [1.29, 1.82) is 0 Å². The van der Waals surface area contributed by atoms with Crippen molar-refractivity contribution in [1.82, 2.24) is 30.6 Å². The summed E-state index contributed by atoms with van der Waals surface area (Å²) in [6, 6.07) is 20.5. The predicted octanol–water partition coefficient (Wildman–Crippen LogP) is 5.72. The Balaban J connectivity index is 0.985. The van der Waals surface area contributed by atoms with Gasteiger partial charge in [0, 0.05) is 28.7 Å². The van der Waals surface area contributed by atoms with Crippen molar-refractivity contribution in [3.05, 3.63) is 71.4 Å². The van der Waals surface area contributed by atoms with Gasteiger partial charge >= 0.3 is 0 Å². The second-order valence-electron chi connectivity index (χ2n) is 12.5. The third-order valence-electron chi connectivity index (χ3n) is 10.0. The van der Waals surface area contributed by atoms with Gasteiger partial charge in [-0.25, -0.2) is 9.97 Å². The fraction of sp³-hybridized carbons (Fsp3) is 0.375. The highest BCUT2D eigenvalue weighted by molar-refractivity contribution is 6.05. The van der Waals surface area contributed by atoms with Crippen molar-refractivity contribution in [2.45, 2.75) is 62.7 Å². The molecule has 3 aliphatic carbocycles. The standard InChI is InChI=1S/C32H30N6/c1-5-21-17(3-7-23-29(21)37-31(35-23)27-13-19-11-25(19)33-27)9-15(1)16-2-6-22-18(10-16)4-8-24-30(22)38-32(36-24)28-14-20-12-26(20)34-28/h1-3,5-7,9-10,19-20,25-28,33-34H,4,8,11-14H2,(H,35,37)(H,36,38)/t19-,20?,25-,26?,27+,28+/m1/s1. The van der Waals surface area contributed by atoms with Gasteiger partial charge in [0.1, 0.15) is 11.6 Å². The Kier molecular flexibility index (Phi) is 3.84. The third kappa shape index (κ3) is 2.96. The van der Waals surface area contributed by atoms with Gasteiger partial charge in [0.05, 0.1) is 28.8 Å². The third-order valence-corrected chi connectivity index (χ3v) is 10.0. The lowest BCUT2D eigenvalue weighted by molar-refractivity contribution is 0.542. The Hall–Kier alpha value is -3.48. The SMILES string of the molecule is c1cc2c(cc1-c1ccc3c(ccc4[nH]c([C@@H]5C[C@H]6C[C@H]6N5)nc43)c1)CCc1[nH]c([C@@H]3CC4CC4N3)nc1-2. The molecule has 4 fully saturated rings. The van der Waals surface area contributed by atoms with Crippen LogP contribution in [0.3, 0.4) is 0 Å². The minimum atomic E-state index is 0.377. The van der Waals surface area contributed by atoms with Crippen molar-refractivity contribution in [2.75, 3.05) is 0 Å². The van der Waals surface area contributed by atoms with E-state index in [1.54, 1.807) is 0 Å². The van der Waals surface area contributed by atoms with Crippen molar-refractivity contribution in [3.8, 4) is 22.4 Å². The van der Waals surface area contributed by atoms with Crippen LogP contribution in [0.2, 0.25) is 0 Å². The first kappa shape index (κ1) is 20.5. The molecule has 2 saturated carbocycles. The number of imidazole rings is 2. The van der Waals surface area contributed by atoms with E-state index in [9.17, 15) is 0 Å². The number of H-pyrrole nitrogens is 2. The summed E-state index contributed by atoms with van der Waals surface area (Å²) in [4.78, 5) is 17.4. The summed E-state index contributed by atoms with van der Waals surface area (Å²) in [6.45, 7) is 0. The van der Waals surface area contributed by atoms with Crippen molar-refractivity contribution >= 4 is 21.8 Å². The molecule has 0 amide bonds. The molecule has 38 heavy (non-hydrogen) atoms. The van der Waals surface area contributed by atoms with Crippen molar-refractivity contribution in [3.63, 3.8) is 0 Å². The van der Waals surface area contributed by atoms with Gasteiger partial charge in [0.2, 0.25) is 0 Å². The van der Waals surface area contributed by atoms with Gasteiger partial charge in [0.15, 0.2) is 0 Å². The van der Waals surface area contributed by atoms with Crippen LogP contribution in [0.4, 0.5) is 0 Å². The van der Waals surface area contributed by atoms with Gasteiger partial charge in [-0.15, -0.1) is 0 Å². The second-order valence-corrected chi connectivity index (χ2v) is 12.5. The van der Waals surface area contributed by atoms with Gasteiger partial charge in [-0.3, -0.25) is 0 Å². The highest BCUT2D eigenvalue weighted by Gasteiger charge is 2.47. The molecule has 6 nitrogen and oxygen atoms in total. The van der Waals surface area contributed by atoms with Crippen LogP contribution in [0.1, 0.15) is 60.7 Å². The molecule has 2 aliphatic heterocycles.